The SMILES string of the molecule is CC(C)C(c1cccc(Cl)c1)c1cccc(-c2cccc(C(c3ccccc3)C(C)C)c2Cl)c1. The van der Waals surface area contributed by atoms with Gasteiger partial charge in [0.1, 0.15) is 0 Å². The van der Waals surface area contributed by atoms with E-state index in [1.807, 2.05) is 12.1 Å². The molecule has 0 fully saturated rings. The van der Waals surface area contributed by atoms with Crippen LogP contribution in [0.15, 0.2) is 97.1 Å². The summed E-state index contributed by atoms with van der Waals surface area (Å²) in [6, 6.07) is 34.2. The average molecular weight is 488 g/mol. The molecule has 0 saturated carbocycles. The lowest BCUT2D eigenvalue weighted by molar-refractivity contribution is 0.563. The molecule has 0 aromatic heterocycles. The number of hydrogen-bond donors (Lipinski definition) is 0. The molecule has 4 rings (SSSR count). The minimum Gasteiger partial charge on any atom is -0.0843 e. The van der Waals surface area contributed by atoms with E-state index in [1.165, 1.54) is 22.3 Å². The zero-order valence-electron chi connectivity index (χ0n) is 20.3. The van der Waals surface area contributed by atoms with E-state index in [9.17, 15) is 0 Å². The van der Waals surface area contributed by atoms with Crippen molar-refractivity contribution >= 4 is 23.2 Å². The summed E-state index contributed by atoms with van der Waals surface area (Å²) in [5.74, 6) is 1.36. The molecule has 4 aromatic carbocycles. The fraction of sp³-hybridized carbons (Fsp3) is 0.250. The summed E-state index contributed by atoms with van der Waals surface area (Å²) < 4.78 is 0. The van der Waals surface area contributed by atoms with Crippen LogP contribution in [0.25, 0.3) is 11.1 Å². The zero-order chi connectivity index (χ0) is 24.2. The third-order valence-corrected chi connectivity index (χ3v) is 7.28. The number of hydrogen-bond acceptors (Lipinski definition) is 0. The van der Waals surface area contributed by atoms with Crippen molar-refractivity contribution < 1.29 is 0 Å². The second kappa shape index (κ2) is 10.8. The maximum Gasteiger partial charge on any atom is 0.0522 e. The maximum absolute atomic E-state index is 7.15. The van der Waals surface area contributed by atoms with Crippen molar-refractivity contribution in [2.75, 3.05) is 0 Å². The quantitative estimate of drug-likeness (QED) is 0.243. The van der Waals surface area contributed by atoms with E-state index in [0.29, 0.717) is 11.8 Å². The minimum atomic E-state index is 0.242. The van der Waals surface area contributed by atoms with E-state index in [-0.39, 0.29) is 11.8 Å². The first-order valence-electron chi connectivity index (χ1n) is 12.1. The molecule has 0 aliphatic heterocycles. The summed E-state index contributed by atoms with van der Waals surface area (Å²) in [4.78, 5) is 0. The van der Waals surface area contributed by atoms with Gasteiger partial charge in [0.15, 0.2) is 0 Å². The lowest BCUT2D eigenvalue weighted by Gasteiger charge is -2.25. The Hall–Kier alpha value is -2.54. The Morgan fingerprint density at radius 3 is 1.76 bits per heavy atom. The van der Waals surface area contributed by atoms with E-state index in [2.05, 4.69) is 113 Å². The summed E-state index contributed by atoms with van der Waals surface area (Å²) in [6.45, 7) is 9.05. The molecule has 0 spiro atoms. The maximum atomic E-state index is 7.15. The smallest absolute Gasteiger partial charge is 0.0522 e. The molecule has 2 heteroatoms. The second-order valence-corrected chi connectivity index (χ2v) is 10.6. The van der Waals surface area contributed by atoms with Crippen molar-refractivity contribution in [1.82, 2.24) is 0 Å². The van der Waals surface area contributed by atoms with Gasteiger partial charge in [-0.3, -0.25) is 0 Å². The van der Waals surface area contributed by atoms with E-state index >= 15 is 0 Å². The van der Waals surface area contributed by atoms with Crippen LogP contribution in [0.5, 0.6) is 0 Å². The van der Waals surface area contributed by atoms with Crippen LogP contribution in [-0.4, -0.2) is 0 Å². The van der Waals surface area contributed by atoms with Crippen molar-refractivity contribution in [3.8, 4) is 11.1 Å². The molecule has 0 aliphatic rings. The third-order valence-electron chi connectivity index (χ3n) is 6.62. The van der Waals surface area contributed by atoms with Gasteiger partial charge < -0.3 is 0 Å². The van der Waals surface area contributed by atoms with E-state index in [4.69, 9.17) is 23.2 Å². The summed E-state index contributed by atoms with van der Waals surface area (Å²) in [5.41, 5.74) is 7.22. The standard InChI is InChI=1S/C32H32Cl2/c1-21(2)30(26-15-9-16-27(33)20-26)25-14-8-13-24(19-25)28-17-10-18-29(32(28)34)31(22(3)4)23-11-6-5-7-12-23/h5-22,30-31H,1-4H3. The summed E-state index contributed by atoms with van der Waals surface area (Å²) in [7, 11) is 0. The van der Waals surface area contributed by atoms with Crippen LogP contribution in [0.2, 0.25) is 10.0 Å². The molecular weight excluding hydrogens is 455 g/mol. The molecule has 0 radical (unpaired) electrons. The average Bonchev–Trinajstić information content (AvgIpc) is 2.81. The Bertz CT molecular complexity index is 1240. The second-order valence-electron chi connectivity index (χ2n) is 9.74. The van der Waals surface area contributed by atoms with Crippen molar-refractivity contribution in [3.05, 3.63) is 129 Å². The molecule has 34 heavy (non-hydrogen) atoms. The highest BCUT2D eigenvalue weighted by Crippen LogP contribution is 2.41. The number of rotatable bonds is 7. The van der Waals surface area contributed by atoms with Crippen LogP contribution in [-0.2, 0) is 0 Å². The first-order chi connectivity index (χ1) is 16.4. The van der Waals surface area contributed by atoms with Gasteiger partial charge in [0.05, 0.1) is 5.02 Å². The molecule has 0 N–H and O–H groups in total. The molecule has 0 heterocycles. The van der Waals surface area contributed by atoms with Crippen LogP contribution in [0, 0.1) is 11.8 Å². The minimum absolute atomic E-state index is 0.242. The molecule has 2 atom stereocenters. The Balaban J connectivity index is 1.79. The first-order valence-corrected chi connectivity index (χ1v) is 12.8. The van der Waals surface area contributed by atoms with Crippen LogP contribution < -0.4 is 0 Å². The van der Waals surface area contributed by atoms with Gasteiger partial charge in [-0.1, -0.05) is 136 Å². The molecular formula is C32H32Cl2. The van der Waals surface area contributed by atoms with Crippen LogP contribution >= 0.6 is 23.2 Å². The molecule has 174 valence electrons. The molecule has 0 amide bonds. The predicted molar refractivity (Wildman–Crippen MR) is 148 cm³/mol. The highest BCUT2D eigenvalue weighted by molar-refractivity contribution is 6.34. The van der Waals surface area contributed by atoms with Gasteiger partial charge in [-0.2, -0.15) is 0 Å². The van der Waals surface area contributed by atoms with Gasteiger partial charge in [-0.15, -0.1) is 0 Å². The van der Waals surface area contributed by atoms with Crippen molar-refractivity contribution in [1.29, 1.82) is 0 Å². The van der Waals surface area contributed by atoms with Gasteiger partial charge in [0.25, 0.3) is 0 Å². The molecule has 0 aliphatic carbocycles. The van der Waals surface area contributed by atoms with E-state index < -0.39 is 0 Å². The normalized spacial score (nSPS) is 13.3. The topological polar surface area (TPSA) is 0 Å². The van der Waals surface area contributed by atoms with E-state index in [1.54, 1.807) is 0 Å². The number of benzene rings is 4. The highest BCUT2D eigenvalue weighted by Gasteiger charge is 2.23. The lowest BCUT2D eigenvalue weighted by Crippen LogP contribution is -2.10. The summed E-state index contributed by atoms with van der Waals surface area (Å²) in [6.07, 6.45) is 0. The van der Waals surface area contributed by atoms with Crippen LogP contribution in [0.3, 0.4) is 0 Å². The van der Waals surface area contributed by atoms with Crippen molar-refractivity contribution in [3.63, 3.8) is 0 Å². The highest BCUT2D eigenvalue weighted by atomic mass is 35.5. The summed E-state index contributed by atoms with van der Waals surface area (Å²) in [5, 5.41) is 1.61. The van der Waals surface area contributed by atoms with Gasteiger partial charge >= 0.3 is 0 Å². The van der Waals surface area contributed by atoms with Gasteiger partial charge in [-0.25, -0.2) is 0 Å². The Labute approximate surface area is 214 Å². The Kier molecular flexibility index (Phi) is 7.81. The zero-order valence-corrected chi connectivity index (χ0v) is 21.8. The first kappa shape index (κ1) is 24.6. The molecule has 0 nitrogen and oxygen atoms in total. The van der Waals surface area contributed by atoms with Crippen LogP contribution in [0.4, 0.5) is 0 Å². The van der Waals surface area contributed by atoms with Crippen molar-refractivity contribution in [2.24, 2.45) is 11.8 Å². The van der Waals surface area contributed by atoms with Gasteiger partial charge in [0, 0.05) is 22.4 Å². The Morgan fingerprint density at radius 2 is 1.12 bits per heavy atom. The fourth-order valence-corrected chi connectivity index (χ4v) is 5.71. The van der Waals surface area contributed by atoms with Gasteiger partial charge in [0.2, 0.25) is 0 Å². The van der Waals surface area contributed by atoms with Gasteiger partial charge in [-0.05, 0) is 51.8 Å². The molecule has 0 bridgehead atoms. The van der Waals surface area contributed by atoms with Crippen LogP contribution in [0.1, 0.15) is 61.8 Å². The predicted octanol–water partition coefficient (Wildman–Crippen LogP) is 10.2. The largest absolute Gasteiger partial charge is 0.0843 e. The lowest BCUT2D eigenvalue weighted by atomic mass is 9.80. The van der Waals surface area contributed by atoms with Crippen molar-refractivity contribution in [2.45, 2.75) is 39.5 Å². The monoisotopic (exact) mass is 486 g/mol. The Morgan fingerprint density at radius 1 is 0.529 bits per heavy atom. The third kappa shape index (κ3) is 5.24. The fourth-order valence-electron chi connectivity index (χ4n) is 5.16. The summed E-state index contributed by atoms with van der Waals surface area (Å²) >= 11 is 13.5. The molecule has 4 aromatic rings. The molecule has 2 unspecified atom stereocenters. The van der Waals surface area contributed by atoms with E-state index in [0.717, 1.165) is 21.2 Å². The molecule has 0 saturated heterocycles. The number of halogens is 2.